The molecule has 1 N–H and O–H groups in total. The first kappa shape index (κ1) is 18.1. The van der Waals surface area contributed by atoms with Gasteiger partial charge < -0.3 is 5.32 Å². The van der Waals surface area contributed by atoms with Crippen LogP contribution in [-0.2, 0) is 14.6 Å². The van der Waals surface area contributed by atoms with Gasteiger partial charge in [-0.3, -0.25) is 9.69 Å². The monoisotopic (exact) mass is 366 g/mol. The van der Waals surface area contributed by atoms with Crippen LogP contribution >= 0.6 is 0 Å². The van der Waals surface area contributed by atoms with E-state index < -0.39 is 9.84 Å². The number of rotatable bonds is 4. The Morgan fingerprint density at radius 3 is 2.48 bits per heavy atom. The fourth-order valence-corrected chi connectivity index (χ4v) is 5.57. The van der Waals surface area contributed by atoms with Crippen LogP contribution in [0, 0.1) is 5.82 Å². The normalized spacial score (nSPS) is 26.7. The van der Waals surface area contributed by atoms with E-state index in [1.54, 1.807) is 19.1 Å². The van der Waals surface area contributed by atoms with Gasteiger partial charge in [-0.15, -0.1) is 0 Å². The highest BCUT2D eigenvalue weighted by atomic mass is 32.2. The van der Waals surface area contributed by atoms with E-state index in [9.17, 15) is 17.6 Å². The van der Waals surface area contributed by atoms with Gasteiger partial charge in [-0.05, 0) is 56.1 Å². The molecule has 0 saturated carbocycles. The lowest BCUT2D eigenvalue weighted by Crippen LogP contribution is -2.49. The van der Waals surface area contributed by atoms with Crippen LogP contribution in [0.3, 0.4) is 0 Å². The molecule has 2 unspecified atom stereocenters. The summed E-state index contributed by atoms with van der Waals surface area (Å²) in [5, 5.41) is 2.86. The van der Waals surface area contributed by atoms with E-state index in [4.69, 9.17) is 0 Å². The SMILES string of the molecule is C/C(=C/C(=O)NC1CS(=O)(=O)CC1N1CCCC1)c1ccc(F)cc1. The Hall–Kier alpha value is -1.73. The van der Waals surface area contributed by atoms with E-state index in [0.29, 0.717) is 5.57 Å². The number of carbonyl (C=O) groups is 1. The van der Waals surface area contributed by atoms with Gasteiger partial charge >= 0.3 is 0 Å². The minimum atomic E-state index is -3.13. The van der Waals surface area contributed by atoms with Crippen molar-refractivity contribution in [2.24, 2.45) is 0 Å². The van der Waals surface area contributed by atoms with E-state index in [0.717, 1.165) is 31.5 Å². The second kappa shape index (κ2) is 7.25. The quantitative estimate of drug-likeness (QED) is 0.822. The zero-order valence-electron chi connectivity index (χ0n) is 14.2. The second-order valence-electron chi connectivity index (χ2n) is 6.84. The highest BCUT2D eigenvalue weighted by molar-refractivity contribution is 7.91. The van der Waals surface area contributed by atoms with E-state index in [1.165, 1.54) is 18.2 Å². The molecule has 0 radical (unpaired) electrons. The molecule has 7 heteroatoms. The molecule has 2 fully saturated rings. The maximum atomic E-state index is 13.0. The Balaban J connectivity index is 1.70. The maximum Gasteiger partial charge on any atom is 0.244 e. The molecule has 0 aromatic heterocycles. The summed E-state index contributed by atoms with van der Waals surface area (Å²) in [6.45, 7) is 3.55. The standard InChI is InChI=1S/C18H23FN2O3S/c1-13(14-4-6-15(19)7-5-14)10-18(22)20-16-11-25(23,24)12-17(16)21-8-2-3-9-21/h4-7,10,16-17H,2-3,8-9,11-12H2,1H3,(H,20,22)/b13-10-. The summed E-state index contributed by atoms with van der Waals surface area (Å²) in [5.74, 6) is -0.541. The summed E-state index contributed by atoms with van der Waals surface area (Å²) in [6.07, 6.45) is 3.58. The van der Waals surface area contributed by atoms with Gasteiger partial charge in [0.15, 0.2) is 9.84 Å². The average molecular weight is 366 g/mol. The van der Waals surface area contributed by atoms with Crippen molar-refractivity contribution in [1.29, 1.82) is 0 Å². The molecule has 3 rings (SSSR count). The molecular weight excluding hydrogens is 343 g/mol. The van der Waals surface area contributed by atoms with Crippen molar-refractivity contribution in [3.05, 3.63) is 41.7 Å². The molecule has 5 nitrogen and oxygen atoms in total. The molecule has 2 saturated heterocycles. The Bertz CT molecular complexity index is 768. The smallest absolute Gasteiger partial charge is 0.244 e. The van der Waals surface area contributed by atoms with Crippen LogP contribution in [0.5, 0.6) is 0 Å². The first-order chi connectivity index (χ1) is 11.8. The molecule has 0 spiro atoms. The zero-order chi connectivity index (χ0) is 18.0. The number of amides is 1. The molecule has 0 bridgehead atoms. The Labute approximate surface area is 147 Å². The molecule has 0 aliphatic carbocycles. The number of sulfone groups is 1. The summed E-state index contributed by atoms with van der Waals surface area (Å²) in [6, 6.07) is 5.39. The molecule has 25 heavy (non-hydrogen) atoms. The third-order valence-electron chi connectivity index (χ3n) is 4.91. The summed E-state index contributed by atoms with van der Waals surface area (Å²) >= 11 is 0. The third-order valence-corrected chi connectivity index (χ3v) is 6.62. The lowest BCUT2D eigenvalue weighted by atomic mass is 10.1. The van der Waals surface area contributed by atoms with Gasteiger partial charge in [-0.2, -0.15) is 0 Å². The van der Waals surface area contributed by atoms with Crippen LogP contribution < -0.4 is 5.32 Å². The first-order valence-corrected chi connectivity index (χ1v) is 10.4. The topological polar surface area (TPSA) is 66.5 Å². The fourth-order valence-electron chi connectivity index (χ4n) is 3.62. The predicted octanol–water partition coefficient (Wildman–Crippen LogP) is 1.61. The van der Waals surface area contributed by atoms with E-state index >= 15 is 0 Å². The summed E-state index contributed by atoms with van der Waals surface area (Å²) in [4.78, 5) is 14.5. The van der Waals surface area contributed by atoms with Gasteiger partial charge in [-0.1, -0.05) is 12.1 Å². The number of nitrogens with zero attached hydrogens (tertiary/aromatic N) is 1. The van der Waals surface area contributed by atoms with Gasteiger partial charge in [0.25, 0.3) is 0 Å². The van der Waals surface area contributed by atoms with Gasteiger partial charge in [0.05, 0.1) is 17.5 Å². The number of likely N-dealkylation sites (tertiary alicyclic amines) is 1. The molecule has 2 atom stereocenters. The van der Waals surface area contributed by atoms with Gasteiger partial charge in [0.1, 0.15) is 5.82 Å². The number of benzene rings is 1. The lowest BCUT2D eigenvalue weighted by molar-refractivity contribution is -0.117. The maximum absolute atomic E-state index is 13.0. The van der Waals surface area contributed by atoms with Crippen molar-refractivity contribution in [3.8, 4) is 0 Å². The van der Waals surface area contributed by atoms with Crippen LogP contribution in [0.1, 0.15) is 25.3 Å². The highest BCUT2D eigenvalue weighted by Gasteiger charge is 2.42. The second-order valence-corrected chi connectivity index (χ2v) is 8.99. The molecule has 2 aliphatic rings. The van der Waals surface area contributed by atoms with Crippen molar-refractivity contribution >= 4 is 21.3 Å². The van der Waals surface area contributed by atoms with Crippen LogP contribution in [-0.4, -0.2) is 55.9 Å². The molecule has 1 aromatic rings. The Morgan fingerprint density at radius 2 is 1.84 bits per heavy atom. The van der Waals surface area contributed by atoms with Crippen LogP contribution in [0.15, 0.2) is 30.3 Å². The molecule has 2 aliphatic heterocycles. The van der Waals surface area contributed by atoms with Crippen LogP contribution in [0.25, 0.3) is 5.57 Å². The first-order valence-electron chi connectivity index (χ1n) is 8.53. The van der Waals surface area contributed by atoms with Crippen molar-refractivity contribution in [3.63, 3.8) is 0 Å². The predicted molar refractivity (Wildman–Crippen MR) is 95.2 cm³/mol. The average Bonchev–Trinajstić information content (AvgIpc) is 3.15. The van der Waals surface area contributed by atoms with Gasteiger partial charge in [-0.25, -0.2) is 12.8 Å². The number of nitrogens with one attached hydrogen (secondary N) is 1. The van der Waals surface area contributed by atoms with E-state index in [1.807, 2.05) is 0 Å². The fraction of sp³-hybridized carbons (Fsp3) is 0.500. The summed E-state index contributed by atoms with van der Waals surface area (Å²) in [7, 11) is -3.13. The zero-order valence-corrected chi connectivity index (χ0v) is 15.1. The van der Waals surface area contributed by atoms with E-state index in [-0.39, 0.29) is 35.3 Å². The third kappa shape index (κ3) is 4.46. The van der Waals surface area contributed by atoms with Crippen molar-refractivity contribution < 1.29 is 17.6 Å². The van der Waals surface area contributed by atoms with E-state index in [2.05, 4.69) is 10.2 Å². The minimum absolute atomic E-state index is 0.0106. The van der Waals surface area contributed by atoms with Crippen molar-refractivity contribution in [2.45, 2.75) is 31.8 Å². The van der Waals surface area contributed by atoms with Gasteiger partial charge in [0.2, 0.25) is 5.91 Å². The number of hydrogen-bond donors (Lipinski definition) is 1. The molecule has 1 aromatic carbocycles. The highest BCUT2D eigenvalue weighted by Crippen LogP contribution is 2.23. The van der Waals surface area contributed by atoms with Crippen molar-refractivity contribution in [2.75, 3.05) is 24.6 Å². The molecule has 1 amide bonds. The molecule has 2 heterocycles. The van der Waals surface area contributed by atoms with Crippen molar-refractivity contribution in [1.82, 2.24) is 10.2 Å². The molecule has 136 valence electrons. The number of allylic oxidation sites excluding steroid dienone is 1. The number of carbonyl (C=O) groups excluding carboxylic acids is 1. The van der Waals surface area contributed by atoms with Crippen LogP contribution in [0.4, 0.5) is 4.39 Å². The Morgan fingerprint density at radius 1 is 1.20 bits per heavy atom. The largest absolute Gasteiger partial charge is 0.347 e. The van der Waals surface area contributed by atoms with Crippen LogP contribution in [0.2, 0.25) is 0 Å². The number of hydrogen-bond acceptors (Lipinski definition) is 4. The summed E-state index contributed by atoms with van der Waals surface area (Å²) in [5.41, 5.74) is 1.46. The Kier molecular flexibility index (Phi) is 5.24. The number of halogens is 1. The van der Waals surface area contributed by atoms with Gasteiger partial charge in [0, 0.05) is 12.1 Å². The lowest BCUT2D eigenvalue weighted by Gasteiger charge is -2.28. The molecular formula is C18H23FN2O3S. The minimum Gasteiger partial charge on any atom is -0.347 e. The summed E-state index contributed by atoms with van der Waals surface area (Å²) < 4.78 is 37.1.